The highest BCUT2D eigenvalue weighted by atomic mass is 19.1. The maximum Gasteiger partial charge on any atom is 0.338 e. The fourth-order valence-corrected chi connectivity index (χ4v) is 3.43. The molecule has 174 valence electrons. The van der Waals surface area contributed by atoms with Crippen molar-refractivity contribution >= 4 is 17.9 Å². The maximum atomic E-state index is 14.8. The summed E-state index contributed by atoms with van der Waals surface area (Å²) in [5.74, 6) is -2.22. The number of carbonyl (C=O) groups excluding carboxylic acids is 3. The Kier molecular flexibility index (Phi) is 7.29. The van der Waals surface area contributed by atoms with Crippen LogP contribution in [0.3, 0.4) is 0 Å². The van der Waals surface area contributed by atoms with E-state index < -0.39 is 49.2 Å². The summed E-state index contributed by atoms with van der Waals surface area (Å²) in [6.07, 6.45) is -6.19. The Labute approximate surface area is 195 Å². The number of ether oxygens (including phenoxy) is 4. The van der Waals surface area contributed by atoms with Gasteiger partial charge in [-0.15, -0.1) is 0 Å². The van der Waals surface area contributed by atoms with Crippen molar-refractivity contribution in [1.29, 1.82) is 0 Å². The molecular formula is C26H21FO7. The first-order valence-electron chi connectivity index (χ1n) is 10.6. The number of carbonyl (C=O) groups is 3. The number of alkyl halides is 1. The van der Waals surface area contributed by atoms with E-state index in [0.717, 1.165) is 0 Å². The second-order valence-electron chi connectivity index (χ2n) is 7.46. The summed E-state index contributed by atoms with van der Waals surface area (Å²) in [6, 6.07) is 24.3. The van der Waals surface area contributed by atoms with Crippen molar-refractivity contribution in [3.63, 3.8) is 0 Å². The zero-order valence-corrected chi connectivity index (χ0v) is 17.9. The summed E-state index contributed by atoms with van der Waals surface area (Å²) in [4.78, 5) is 37.5. The summed E-state index contributed by atoms with van der Waals surface area (Å²) in [6.45, 7) is -0.416. The normalized spacial score (nSPS) is 21.4. The van der Waals surface area contributed by atoms with Gasteiger partial charge in [-0.2, -0.15) is 0 Å². The van der Waals surface area contributed by atoms with E-state index in [1.54, 1.807) is 66.7 Å². The average Bonchev–Trinajstić information content (AvgIpc) is 3.17. The van der Waals surface area contributed by atoms with Crippen molar-refractivity contribution < 1.29 is 37.7 Å². The minimum absolute atomic E-state index is 0.196. The quantitative estimate of drug-likeness (QED) is 0.386. The molecule has 0 radical (unpaired) electrons. The molecule has 0 amide bonds. The van der Waals surface area contributed by atoms with Crippen molar-refractivity contribution in [1.82, 2.24) is 0 Å². The van der Waals surface area contributed by atoms with Crippen molar-refractivity contribution in [3.05, 3.63) is 108 Å². The van der Waals surface area contributed by atoms with Gasteiger partial charge in [0.15, 0.2) is 12.2 Å². The van der Waals surface area contributed by atoms with Crippen molar-refractivity contribution in [2.24, 2.45) is 0 Å². The highest BCUT2D eigenvalue weighted by Crippen LogP contribution is 2.30. The SMILES string of the molecule is O=C(OCC1OC(F)C(OC(=O)c2ccccc2)C1OC(=O)c1ccccc1)c1ccccc1. The molecular weight excluding hydrogens is 443 g/mol. The third-order valence-corrected chi connectivity index (χ3v) is 5.15. The van der Waals surface area contributed by atoms with Gasteiger partial charge >= 0.3 is 17.9 Å². The van der Waals surface area contributed by atoms with E-state index in [-0.39, 0.29) is 11.1 Å². The van der Waals surface area contributed by atoms with Gasteiger partial charge in [0.25, 0.3) is 0 Å². The van der Waals surface area contributed by atoms with Gasteiger partial charge in [-0.05, 0) is 36.4 Å². The van der Waals surface area contributed by atoms with Crippen LogP contribution in [0.4, 0.5) is 4.39 Å². The lowest BCUT2D eigenvalue weighted by molar-refractivity contribution is -0.0884. The fraction of sp³-hybridized carbons (Fsp3) is 0.192. The Morgan fingerprint density at radius 3 is 1.53 bits per heavy atom. The van der Waals surface area contributed by atoms with E-state index in [0.29, 0.717) is 5.56 Å². The van der Waals surface area contributed by atoms with Gasteiger partial charge in [0, 0.05) is 0 Å². The third kappa shape index (κ3) is 5.47. The number of hydrogen-bond acceptors (Lipinski definition) is 7. The van der Waals surface area contributed by atoms with Gasteiger partial charge < -0.3 is 18.9 Å². The minimum atomic E-state index is -2.10. The molecule has 1 fully saturated rings. The van der Waals surface area contributed by atoms with Crippen LogP contribution in [0.5, 0.6) is 0 Å². The average molecular weight is 464 g/mol. The van der Waals surface area contributed by atoms with Crippen LogP contribution in [0.1, 0.15) is 31.1 Å². The van der Waals surface area contributed by atoms with Crippen molar-refractivity contribution in [3.8, 4) is 0 Å². The van der Waals surface area contributed by atoms with Crippen LogP contribution in [0, 0.1) is 0 Å². The smallest absolute Gasteiger partial charge is 0.338 e. The second-order valence-corrected chi connectivity index (χ2v) is 7.46. The van der Waals surface area contributed by atoms with Gasteiger partial charge in [0.1, 0.15) is 12.7 Å². The first-order chi connectivity index (χ1) is 16.5. The van der Waals surface area contributed by atoms with Gasteiger partial charge in [-0.1, -0.05) is 54.6 Å². The molecule has 3 aromatic rings. The Morgan fingerprint density at radius 2 is 1.06 bits per heavy atom. The number of hydrogen-bond donors (Lipinski definition) is 0. The highest BCUT2D eigenvalue weighted by Gasteiger charge is 2.51. The van der Waals surface area contributed by atoms with Gasteiger partial charge in [-0.3, -0.25) is 0 Å². The van der Waals surface area contributed by atoms with Gasteiger partial charge in [0.2, 0.25) is 6.36 Å². The topological polar surface area (TPSA) is 88.1 Å². The lowest BCUT2D eigenvalue weighted by Gasteiger charge is -2.23. The van der Waals surface area contributed by atoms with E-state index in [1.807, 2.05) is 0 Å². The molecule has 4 unspecified atom stereocenters. The highest BCUT2D eigenvalue weighted by molar-refractivity contribution is 5.90. The van der Waals surface area contributed by atoms with Crippen LogP contribution in [0.2, 0.25) is 0 Å². The Bertz CT molecular complexity index is 1120. The van der Waals surface area contributed by atoms with Crippen LogP contribution in [0.25, 0.3) is 0 Å². The second kappa shape index (κ2) is 10.7. The molecule has 0 bridgehead atoms. The van der Waals surface area contributed by atoms with Crippen LogP contribution in [-0.4, -0.2) is 49.2 Å². The van der Waals surface area contributed by atoms with E-state index in [2.05, 4.69) is 0 Å². The molecule has 1 heterocycles. The Balaban J connectivity index is 1.51. The lowest BCUT2D eigenvalue weighted by atomic mass is 10.1. The molecule has 0 aliphatic carbocycles. The third-order valence-electron chi connectivity index (χ3n) is 5.15. The first kappa shape index (κ1) is 23.1. The predicted molar refractivity (Wildman–Crippen MR) is 118 cm³/mol. The number of esters is 3. The molecule has 1 saturated heterocycles. The van der Waals surface area contributed by atoms with E-state index in [1.165, 1.54) is 24.3 Å². The van der Waals surface area contributed by atoms with E-state index in [4.69, 9.17) is 18.9 Å². The van der Waals surface area contributed by atoms with Crippen LogP contribution < -0.4 is 0 Å². The summed E-state index contributed by atoms with van der Waals surface area (Å²) in [5, 5.41) is 0. The van der Waals surface area contributed by atoms with Gasteiger partial charge in [-0.25, -0.2) is 18.8 Å². The molecule has 0 aromatic heterocycles. The molecule has 0 saturated carbocycles. The minimum Gasteiger partial charge on any atom is -0.459 e. The van der Waals surface area contributed by atoms with Gasteiger partial charge in [0.05, 0.1) is 16.7 Å². The summed E-state index contributed by atoms with van der Waals surface area (Å²) in [5.41, 5.74) is 0.710. The molecule has 34 heavy (non-hydrogen) atoms. The van der Waals surface area contributed by atoms with Crippen LogP contribution in [-0.2, 0) is 18.9 Å². The Hall–Kier alpha value is -4.04. The molecule has 3 aromatic carbocycles. The zero-order chi connectivity index (χ0) is 23.9. The number of halogens is 1. The molecule has 0 N–H and O–H groups in total. The summed E-state index contributed by atoms with van der Waals surface area (Å²) < 4.78 is 36.2. The van der Waals surface area contributed by atoms with Crippen LogP contribution >= 0.6 is 0 Å². The molecule has 0 spiro atoms. The number of rotatable bonds is 7. The molecule has 7 nitrogen and oxygen atoms in total. The maximum absolute atomic E-state index is 14.8. The first-order valence-corrected chi connectivity index (χ1v) is 10.6. The monoisotopic (exact) mass is 464 g/mol. The molecule has 1 aliphatic heterocycles. The van der Waals surface area contributed by atoms with Crippen LogP contribution in [0.15, 0.2) is 91.0 Å². The summed E-state index contributed by atoms with van der Waals surface area (Å²) in [7, 11) is 0. The summed E-state index contributed by atoms with van der Waals surface area (Å²) >= 11 is 0. The van der Waals surface area contributed by atoms with Crippen molar-refractivity contribution in [2.45, 2.75) is 24.7 Å². The van der Waals surface area contributed by atoms with E-state index in [9.17, 15) is 18.8 Å². The fourth-order valence-electron chi connectivity index (χ4n) is 3.43. The standard InChI is InChI=1S/C26H21FO7/c27-23-22(34-26(30)19-14-8-3-9-15-19)21(33-25(29)18-12-6-2-7-13-18)20(32-23)16-31-24(28)17-10-4-1-5-11-17/h1-15,20-23H,16H2. The largest absolute Gasteiger partial charge is 0.459 e. The predicted octanol–water partition coefficient (Wildman–Crippen LogP) is 3.99. The van der Waals surface area contributed by atoms with Crippen molar-refractivity contribution in [2.75, 3.05) is 6.61 Å². The van der Waals surface area contributed by atoms with E-state index >= 15 is 0 Å². The zero-order valence-electron chi connectivity index (χ0n) is 17.9. The Morgan fingerprint density at radius 1 is 0.647 bits per heavy atom. The molecule has 1 aliphatic rings. The lowest BCUT2D eigenvalue weighted by Crippen LogP contribution is -2.41. The molecule has 4 rings (SSSR count). The molecule has 4 atom stereocenters. The number of benzene rings is 3. The molecule has 8 heteroatoms.